The first-order valence-electron chi connectivity index (χ1n) is 17.6. The Labute approximate surface area is 301 Å². The Bertz CT molecular complexity index is 1460. The molecule has 5 rings (SSSR count). The molecule has 0 saturated carbocycles. The standard InChI is InChI=1S/C39H52N2O10/c1-44-18-7-16-40-17-19-48-35-15-10-30(22-34(35)40)26-49-36-23-41(39(43)51-25-29-8-5-4-6-9-29)24-37(50-28-32(42)27-46-3)38(36)31-11-13-33(14-12-31)47-21-20-45-2/h4-6,8-15,22,32,36-38,42H,7,16-21,23-28H2,1-3H3/t32-,36+,37-,38-/m1/s1. The fourth-order valence-corrected chi connectivity index (χ4v) is 6.42. The lowest BCUT2D eigenvalue weighted by molar-refractivity contribution is -0.109. The number of aliphatic hydroxyl groups excluding tert-OH is 1. The molecule has 0 aliphatic carbocycles. The molecule has 1 saturated heterocycles. The third-order valence-corrected chi connectivity index (χ3v) is 8.97. The van der Waals surface area contributed by atoms with Crippen LogP contribution in [0.15, 0.2) is 72.8 Å². The number of fused-ring (bicyclic) bond motifs is 1. The number of methoxy groups -OCH3 is 3. The molecule has 2 aliphatic rings. The Balaban J connectivity index is 1.39. The van der Waals surface area contributed by atoms with E-state index in [0.29, 0.717) is 33.0 Å². The van der Waals surface area contributed by atoms with E-state index in [9.17, 15) is 9.90 Å². The van der Waals surface area contributed by atoms with Crippen LogP contribution >= 0.6 is 0 Å². The molecule has 278 valence electrons. The minimum Gasteiger partial charge on any atom is -0.491 e. The highest BCUT2D eigenvalue weighted by molar-refractivity contribution is 5.68. The van der Waals surface area contributed by atoms with Crippen LogP contribution < -0.4 is 14.4 Å². The van der Waals surface area contributed by atoms with E-state index in [2.05, 4.69) is 11.0 Å². The second-order valence-electron chi connectivity index (χ2n) is 12.7. The minimum atomic E-state index is -0.837. The number of ether oxygens (including phenoxy) is 8. The fourth-order valence-electron chi connectivity index (χ4n) is 6.42. The second-order valence-corrected chi connectivity index (χ2v) is 12.7. The summed E-state index contributed by atoms with van der Waals surface area (Å²) >= 11 is 0. The molecule has 0 aromatic heterocycles. The van der Waals surface area contributed by atoms with Crippen molar-refractivity contribution < 1.29 is 47.8 Å². The van der Waals surface area contributed by atoms with Crippen LogP contribution in [0.1, 0.15) is 29.0 Å². The van der Waals surface area contributed by atoms with Gasteiger partial charge in [-0.2, -0.15) is 0 Å². The quantitative estimate of drug-likeness (QED) is 0.175. The second kappa shape index (κ2) is 20.2. The number of nitrogens with zero attached hydrogens (tertiary/aromatic N) is 2. The number of likely N-dealkylation sites (tertiary alicyclic amines) is 1. The Kier molecular flexibility index (Phi) is 15.2. The van der Waals surface area contributed by atoms with E-state index in [1.807, 2.05) is 66.7 Å². The van der Waals surface area contributed by atoms with Gasteiger partial charge in [-0.25, -0.2) is 4.79 Å². The normalized spacial score (nSPS) is 19.3. The molecule has 0 radical (unpaired) electrons. The van der Waals surface area contributed by atoms with Crippen molar-refractivity contribution in [3.63, 3.8) is 0 Å². The topological polar surface area (TPSA) is 118 Å². The van der Waals surface area contributed by atoms with E-state index in [1.54, 1.807) is 19.1 Å². The average Bonchev–Trinajstić information content (AvgIpc) is 3.16. The average molecular weight is 709 g/mol. The zero-order valence-electron chi connectivity index (χ0n) is 29.9. The number of rotatable bonds is 19. The maximum atomic E-state index is 13.6. The Morgan fingerprint density at radius 1 is 0.843 bits per heavy atom. The Morgan fingerprint density at radius 3 is 2.35 bits per heavy atom. The van der Waals surface area contributed by atoms with Crippen molar-refractivity contribution in [2.45, 2.75) is 43.9 Å². The van der Waals surface area contributed by atoms with E-state index in [0.717, 1.165) is 53.4 Å². The number of hydrogen-bond acceptors (Lipinski definition) is 11. The highest BCUT2D eigenvalue weighted by Gasteiger charge is 2.42. The van der Waals surface area contributed by atoms with Crippen LogP contribution in [-0.2, 0) is 41.6 Å². The number of piperidine rings is 1. The summed E-state index contributed by atoms with van der Waals surface area (Å²) in [6, 6.07) is 23.5. The Hall–Kier alpha value is -3.91. The van der Waals surface area contributed by atoms with Gasteiger partial charge in [-0.3, -0.25) is 0 Å². The first kappa shape index (κ1) is 38.3. The van der Waals surface area contributed by atoms with Crippen molar-refractivity contribution in [2.75, 3.05) is 92.0 Å². The molecule has 0 spiro atoms. The van der Waals surface area contributed by atoms with E-state index in [-0.39, 0.29) is 38.8 Å². The maximum Gasteiger partial charge on any atom is 0.410 e. The van der Waals surface area contributed by atoms with E-state index in [4.69, 9.17) is 37.9 Å². The number of amides is 1. The summed E-state index contributed by atoms with van der Waals surface area (Å²) in [5.41, 5.74) is 3.87. The lowest BCUT2D eigenvalue weighted by Crippen LogP contribution is -2.55. The van der Waals surface area contributed by atoms with Crippen molar-refractivity contribution in [1.82, 2.24) is 4.90 Å². The molecule has 0 bridgehead atoms. The van der Waals surface area contributed by atoms with Crippen LogP contribution in [0, 0.1) is 0 Å². The Morgan fingerprint density at radius 2 is 1.61 bits per heavy atom. The van der Waals surface area contributed by atoms with Gasteiger partial charge in [0.25, 0.3) is 0 Å². The van der Waals surface area contributed by atoms with Gasteiger partial charge in [0.15, 0.2) is 0 Å². The highest BCUT2D eigenvalue weighted by Crippen LogP contribution is 2.36. The molecular formula is C39H52N2O10. The van der Waals surface area contributed by atoms with E-state index >= 15 is 0 Å². The van der Waals surface area contributed by atoms with Crippen LogP contribution in [0.25, 0.3) is 0 Å². The van der Waals surface area contributed by atoms with Crippen molar-refractivity contribution in [1.29, 1.82) is 0 Å². The molecule has 0 unspecified atom stereocenters. The lowest BCUT2D eigenvalue weighted by Gasteiger charge is -2.43. The molecule has 51 heavy (non-hydrogen) atoms. The van der Waals surface area contributed by atoms with Gasteiger partial charge in [0.05, 0.1) is 64.0 Å². The molecule has 1 fully saturated rings. The number of benzene rings is 3. The monoisotopic (exact) mass is 708 g/mol. The van der Waals surface area contributed by atoms with Crippen molar-refractivity contribution >= 4 is 11.8 Å². The van der Waals surface area contributed by atoms with Crippen LogP contribution in [0.2, 0.25) is 0 Å². The van der Waals surface area contributed by atoms with Gasteiger partial charge in [0, 0.05) is 40.4 Å². The lowest BCUT2D eigenvalue weighted by atomic mass is 9.84. The van der Waals surface area contributed by atoms with Gasteiger partial charge < -0.3 is 52.8 Å². The zero-order valence-corrected chi connectivity index (χ0v) is 29.9. The van der Waals surface area contributed by atoms with Crippen LogP contribution in [-0.4, -0.2) is 122 Å². The molecule has 3 aromatic carbocycles. The number of hydrogen-bond donors (Lipinski definition) is 1. The fraction of sp³-hybridized carbons (Fsp3) is 0.513. The molecule has 12 nitrogen and oxygen atoms in total. The smallest absolute Gasteiger partial charge is 0.410 e. The number of aliphatic hydroxyl groups is 1. The zero-order chi connectivity index (χ0) is 35.8. The predicted molar refractivity (Wildman–Crippen MR) is 192 cm³/mol. The maximum absolute atomic E-state index is 13.6. The highest BCUT2D eigenvalue weighted by atomic mass is 16.6. The summed E-state index contributed by atoms with van der Waals surface area (Å²) in [5, 5.41) is 10.5. The first-order chi connectivity index (χ1) is 25.0. The van der Waals surface area contributed by atoms with Crippen LogP contribution in [0.3, 0.4) is 0 Å². The summed E-state index contributed by atoms with van der Waals surface area (Å²) in [6.45, 7) is 5.01. The summed E-state index contributed by atoms with van der Waals surface area (Å²) in [5.74, 6) is 1.29. The molecule has 4 atom stereocenters. The van der Waals surface area contributed by atoms with Crippen LogP contribution in [0.5, 0.6) is 11.5 Å². The molecule has 1 amide bonds. The third kappa shape index (κ3) is 11.3. The molecule has 3 aromatic rings. The summed E-state index contributed by atoms with van der Waals surface area (Å²) < 4.78 is 46.2. The van der Waals surface area contributed by atoms with E-state index < -0.39 is 24.4 Å². The van der Waals surface area contributed by atoms with Gasteiger partial charge in [0.1, 0.15) is 37.4 Å². The number of carbonyl (C=O) groups is 1. The van der Waals surface area contributed by atoms with Crippen molar-refractivity contribution in [3.8, 4) is 11.5 Å². The third-order valence-electron chi connectivity index (χ3n) is 8.97. The molecule has 2 aliphatic heterocycles. The van der Waals surface area contributed by atoms with Gasteiger partial charge in [-0.1, -0.05) is 48.5 Å². The summed E-state index contributed by atoms with van der Waals surface area (Å²) in [6.07, 6.45) is -1.38. The molecule has 2 heterocycles. The summed E-state index contributed by atoms with van der Waals surface area (Å²) in [7, 11) is 4.88. The number of carbonyl (C=O) groups excluding carboxylic acids is 1. The van der Waals surface area contributed by atoms with Gasteiger partial charge in [-0.15, -0.1) is 0 Å². The molecule has 1 N–H and O–H groups in total. The summed E-state index contributed by atoms with van der Waals surface area (Å²) in [4.78, 5) is 17.5. The van der Waals surface area contributed by atoms with Crippen LogP contribution in [0.4, 0.5) is 10.5 Å². The van der Waals surface area contributed by atoms with E-state index in [1.165, 1.54) is 7.11 Å². The van der Waals surface area contributed by atoms with Crippen molar-refractivity contribution in [2.24, 2.45) is 0 Å². The van der Waals surface area contributed by atoms with Gasteiger partial charge >= 0.3 is 6.09 Å². The SMILES string of the molecule is COCCCN1CCOc2ccc(CO[C@H]3CN(C(=O)OCc4ccccc4)C[C@@H](OC[C@H](O)COC)[C@@H]3c3ccc(OCCOC)cc3)cc21. The molecular weight excluding hydrogens is 656 g/mol. The predicted octanol–water partition coefficient (Wildman–Crippen LogP) is 4.66. The van der Waals surface area contributed by atoms with Gasteiger partial charge in [-0.05, 0) is 47.4 Å². The minimum absolute atomic E-state index is 0.0244. The number of anilines is 1. The first-order valence-corrected chi connectivity index (χ1v) is 17.6. The molecule has 12 heteroatoms. The van der Waals surface area contributed by atoms with Crippen molar-refractivity contribution in [3.05, 3.63) is 89.5 Å². The van der Waals surface area contributed by atoms with Gasteiger partial charge in [0.2, 0.25) is 0 Å². The largest absolute Gasteiger partial charge is 0.491 e.